The van der Waals surface area contributed by atoms with E-state index in [0.29, 0.717) is 19.4 Å². The number of benzene rings is 1. The normalized spacial score (nSPS) is 16.3. The SMILES string of the molecule is O=C(O)C1(C(=O)NCc2ccccc2Br)CC1. The summed E-state index contributed by atoms with van der Waals surface area (Å²) >= 11 is 3.37. The second kappa shape index (κ2) is 4.49. The minimum atomic E-state index is -1.17. The number of aliphatic carboxylic acids is 1. The van der Waals surface area contributed by atoms with Gasteiger partial charge >= 0.3 is 5.97 Å². The Morgan fingerprint density at radius 2 is 2.00 bits per heavy atom. The van der Waals surface area contributed by atoms with Crippen LogP contribution in [0.2, 0.25) is 0 Å². The number of carboxylic acids is 1. The molecule has 0 bridgehead atoms. The van der Waals surface area contributed by atoms with Crippen LogP contribution in [0.15, 0.2) is 28.7 Å². The van der Waals surface area contributed by atoms with Crippen molar-refractivity contribution in [3.05, 3.63) is 34.3 Å². The van der Waals surface area contributed by atoms with Crippen LogP contribution in [-0.4, -0.2) is 17.0 Å². The Hall–Kier alpha value is -1.36. The van der Waals surface area contributed by atoms with Crippen molar-refractivity contribution in [1.82, 2.24) is 5.32 Å². The van der Waals surface area contributed by atoms with E-state index in [1.54, 1.807) is 0 Å². The molecule has 1 aromatic carbocycles. The molecule has 1 amide bonds. The maximum atomic E-state index is 11.7. The van der Waals surface area contributed by atoms with Gasteiger partial charge in [-0.25, -0.2) is 0 Å². The molecule has 2 N–H and O–H groups in total. The van der Waals surface area contributed by atoms with Crippen LogP contribution in [0.3, 0.4) is 0 Å². The molecule has 0 aliphatic heterocycles. The monoisotopic (exact) mass is 297 g/mol. The van der Waals surface area contributed by atoms with Crippen molar-refractivity contribution in [2.24, 2.45) is 5.41 Å². The molecular formula is C12H12BrNO3. The number of hydrogen-bond acceptors (Lipinski definition) is 2. The fourth-order valence-electron chi connectivity index (χ4n) is 1.65. The Kier molecular flexibility index (Phi) is 3.19. The minimum Gasteiger partial charge on any atom is -0.480 e. The summed E-state index contributed by atoms with van der Waals surface area (Å²) in [5, 5.41) is 11.6. The Bertz CT molecular complexity index is 469. The molecule has 1 saturated carbocycles. The maximum Gasteiger partial charge on any atom is 0.319 e. The van der Waals surface area contributed by atoms with Gasteiger partial charge in [0.05, 0.1) is 0 Å². The van der Waals surface area contributed by atoms with Crippen LogP contribution in [0.25, 0.3) is 0 Å². The van der Waals surface area contributed by atoms with Gasteiger partial charge < -0.3 is 10.4 Å². The largest absolute Gasteiger partial charge is 0.480 e. The zero-order valence-corrected chi connectivity index (χ0v) is 10.7. The van der Waals surface area contributed by atoms with Crippen LogP contribution in [0.1, 0.15) is 18.4 Å². The molecule has 0 spiro atoms. The fraction of sp³-hybridized carbons (Fsp3) is 0.333. The molecule has 0 heterocycles. The summed E-state index contributed by atoms with van der Waals surface area (Å²) in [5.74, 6) is -1.41. The molecule has 0 aromatic heterocycles. The highest BCUT2D eigenvalue weighted by atomic mass is 79.9. The van der Waals surface area contributed by atoms with E-state index in [2.05, 4.69) is 21.2 Å². The van der Waals surface area contributed by atoms with E-state index in [1.807, 2.05) is 24.3 Å². The van der Waals surface area contributed by atoms with Crippen molar-refractivity contribution in [3.8, 4) is 0 Å². The quantitative estimate of drug-likeness (QED) is 0.835. The highest BCUT2D eigenvalue weighted by Crippen LogP contribution is 2.46. The van der Waals surface area contributed by atoms with Gasteiger partial charge in [0.1, 0.15) is 5.41 Å². The van der Waals surface area contributed by atoms with E-state index in [4.69, 9.17) is 5.11 Å². The first-order chi connectivity index (χ1) is 8.06. The van der Waals surface area contributed by atoms with Gasteiger partial charge in [-0.15, -0.1) is 0 Å². The number of amides is 1. The van der Waals surface area contributed by atoms with Gasteiger partial charge in [-0.05, 0) is 24.5 Å². The third kappa shape index (κ3) is 2.34. The molecule has 2 rings (SSSR count). The average molecular weight is 298 g/mol. The molecule has 1 aliphatic rings. The molecule has 1 aromatic rings. The van der Waals surface area contributed by atoms with Gasteiger partial charge in [0, 0.05) is 11.0 Å². The second-order valence-corrected chi connectivity index (χ2v) is 5.02. The Balaban J connectivity index is 1.98. The first-order valence-electron chi connectivity index (χ1n) is 5.31. The summed E-state index contributed by atoms with van der Waals surface area (Å²) in [6.45, 7) is 0.343. The molecule has 90 valence electrons. The lowest BCUT2D eigenvalue weighted by molar-refractivity contribution is -0.149. The van der Waals surface area contributed by atoms with E-state index >= 15 is 0 Å². The number of rotatable bonds is 4. The first-order valence-corrected chi connectivity index (χ1v) is 6.11. The molecule has 0 unspecified atom stereocenters. The summed E-state index contributed by atoms with van der Waals surface area (Å²) in [6, 6.07) is 7.52. The van der Waals surface area contributed by atoms with Crippen molar-refractivity contribution in [2.45, 2.75) is 19.4 Å². The Morgan fingerprint density at radius 1 is 1.35 bits per heavy atom. The standard InChI is InChI=1S/C12H12BrNO3/c13-9-4-2-1-3-8(9)7-14-10(15)12(5-6-12)11(16)17/h1-4H,5-7H2,(H,14,15)(H,16,17). The molecule has 4 nitrogen and oxygen atoms in total. The minimum absolute atomic E-state index is 0.343. The molecule has 1 aliphatic carbocycles. The van der Waals surface area contributed by atoms with E-state index in [1.165, 1.54) is 0 Å². The van der Waals surface area contributed by atoms with Crippen LogP contribution in [0.5, 0.6) is 0 Å². The average Bonchev–Trinajstić information content (AvgIpc) is 3.08. The van der Waals surface area contributed by atoms with Gasteiger partial charge in [-0.1, -0.05) is 34.1 Å². The van der Waals surface area contributed by atoms with Crippen LogP contribution in [0, 0.1) is 5.41 Å². The van der Waals surface area contributed by atoms with Crippen LogP contribution < -0.4 is 5.32 Å². The molecule has 0 saturated heterocycles. The molecule has 0 radical (unpaired) electrons. The fourth-order valence-corrected chi connectivity index (χ4v) is 2.07. The van der Waals surface area contributed by atoms with Crippen molar-refractivity contribution in [2.75, 3.05) is 0 Å². The van der Waals surface area contributed by atoms with E-state index < -0.39 is 11.4 Å². The second-order valence-electron chi connectivity index (χ2n) is 4.16. The Labute approximate surface area is 107 Å². The predicted molar refractivity (Wildman–Crippen MR) is 65.3 cm³/mol. The van der Waals surface area contributed by atoms with Crippen LogP contribution in [-0.2, 0) is 16.1 Å². The summed E-state index contributed by atoms with van der Waals surface area (Å²) in [5.41, 5.74) is -0.233. The molecular weight excluding hydrogens is 286 g/mol. The van der Waals surface area contributed by atoms with E-state index in [-0.39, 0.29) is 5.91 Å². The number of carbonyl (C=O) groups is 2. The lowest BCUT2D eigenvalue weighted by Crippen LogP contribution is -2.36. The molecule has 1 fully saturated rings. The van der Waals surface area contributed by atoms with Crippen LogP contribution in [0.4, 0.5) is 0 Å². The Morgan fingerprint density at radius 3 is 2.53 bits per heavy atom. The van der Waals surface area contributed by atoms with Gasteiger partial charge in [-0.2, -0.15) is 0 Å². The molecule has 5 heteroatoms. The lowest BCUT2D eigenvalue weighted by Gasteiger charge is -2.11. The van der Waals surface area contributed by atoms with E-state index in [9.17, 15) is 9.59 Å². The summed E-state index contributed by atoms with van der Waals surface area (Å²) in [6.07, 6.45) is 0.869. The van der Waals surface area contributed by atoms with Crippen molar-refractivity contribution >= 4 is 27.8 Å². The highest BCUT2D eigenvalue weighted by molar-refractivity contribution is 9.10. The molecule has 17 heavy (non-hydrogen) atoms. The summed E-state index contributed by atoms with van der Waals surface area (Å²) < 4.78 is 0.903. The van der Waals surface area contributed by atoms with Crippen molar-refractivity contribution in [1.29, 1.82) is 0 Å². The number of carbonyl (C=O) groups excluding carboxylic acids is 1. The smallest absolute Gasteiger partial charge is 0.319 e. The van der Waals surface area contributed by atoms with Crippen molar-refractivity contribution < 1.29 is 14.7 Å². The number of hydrogen-bond donors (Lipinski definition) is 2. The highest BCUT2D eigenvalue weighted by Gasteiger charge is 2.56. The van der Waals surface area contributed by atoms with Crippen LogP contribution >= 0.6 is 15.9 Å². The van der Waals surface area contributed by atoms with E-state index in [0.717, 1.165) is 10.0 Å². The lowest BCUT2D eigenvalue weighted by atomic mass is 10.1. The third-order valence-corrected chi connectivity index (χ3v) is 3.76. The summed E-state index contributed by atoms with van der Waals surface area (Å²) in [4.78, 5) is 22.7. The number of nitrogens with one attached hydrogen (secondary N) is 1. The van der Waals surface area contributed by atoms with Gasteiger partial charge in [-0.3, -0.25) is 9.59 Å². The maximum absolute atomic E-state index is 11.7. The third-order valence-electron chi connectivity index (χ3n) is 2.99. The van der Waals surface area contributed by atoms with Gasteiger partial charge in [0.25, 0.3) is 0 Å². The predicted octanol–water partition coefficient (Wildman–Crippen LogP) is 1.93. The van der Waals surface area contributed by atoms with Crippen molar-refractivity contribution in [3.63, 3.8) is 0 Å². The molecule has 0 atom stereocenters. The van der Waals surface area contributed by atoms with Gasteiger partial charge in [0.2, 0.25) is 5.91 Å². The number of halogens is 1. The number of carboxylic acid groups (broad SMARTS) is 1. The topological polar surface area (TPSA) is 66.4 Å². The first kappa shape index (κ1) is 12.1. The summed E-state index contributed by atoms with van der Waals surface area (Å²) in [7, 11) is 0. The van der Waals surface area contributed by atoms with Gasteiger partial charge in [0.15, 0.2) is 0 Å². The zero-order chi connectivity index (χ0) is 12.5. The zero-order valence-electron chi connectivity index (χ0n) is 9.07.